The zero-order valence-electron chi connectivity index (χ0n) is 18.5. The van der Waals surface area contributed by atoms with E-state index in [-0.39, 0.29) is 6.04 Å². The number of aromatic nitrogens is 1. The molecule has 0 unspecified atom stereocenters. The second-order valence-electron chi connectivity index (χ2n) is 8.62. The Morgan fingerprint density at radius 3 is 2.59 bits per heavy atom. The molecule has 2 heterocycles. The van der Waals surface area contributed by atoms with E-state index in [0.717, 1.165) is 42.4 Å². The molecule has 170 valence electrons. The Morgan fingerprint density at radius 1 is 1.12 bits per heavy atom. The van der Waals surface area contributed by atoms with Crippen LogP contribution >= 0.6 is 23.2 Å². The maximum Gasteiger partial charge on any atom is 0.414 e. The fourth-order valence-electron chi connectivity index (χ4n) is 4.31. The number of nitrogens with zero attached hydrogens (tertiary/aromatic N) is 2. The number of hydrogen-bond donors (Lipinski definition) is 1. The van der Waals surface area contributed by atoms with E-state index >= 15 is 0 Å². The summed E-state index contributed by atoms with van der Waals surface area (Å²) in [7, 11) is 0. The lowest BCUT2D eigenvalue weighted by Crippen LogP contribution is -2.47. The molecule has 1 N–H and O–H groups in total. The van der Waals surface area contributed by atoms with Crippen molar-refractivity contribution in [1.29, 1.82) is 0 Å². The van der Waals surface area contributed by atoms with Crippen molar-refractivity contribution in [2.45, 2.75) is 51.7 Å². The van der Waals surface area contributed by atoms with Crippen LogP contribution in [-0.4, -0.2) is 40.7 Å². The van der Waals surface area contributed by atoms with Crippen LogP contribution in [0.4, 0.5) is 4.79 Å². The smallest absolute Gasteiger partial charge is 0.393 e. The summed E-state index contributed by atoms with van der Waals surface area (Å²) in [6.45, 7) is 7.02. The molecule has 1 fully saturated rings. The maximum atomic E-state index is 12.7. The minimum absolute atomic E-state index is 0.142. The minimum atomic E-state index is -0.401. The summed E-state index contributed by atoms with van der Waals surface area (Å²) in [5.41, 5.74) is 2.02. The lowest BCUT2D eigenvalue weighted by atomic mass is 10.0. The van der Waals surface area contributed by atoms with Crippen LogP contribution in [0, 0.1) is 0 Å². The van der Waals surface area contributed by atoms with Gasteiger partial charge in [0, 0.05) is 53.2 Å². The van der Waals surface area contributed by atoms with Gasteiger partial charge in [-0.1, -0.05) is 47.5 Å². The predicted octanol–water partition coefficient (Wildman–Crippen LogP) is 6.15. The molecule has 1 aliphatic heterocycles. The second kappa shape index (κ2) is 10.2. The predicted molar refractivity (Wildman–Crippen MR) is 131 cm³/mol. The molecule has 32 heavy (non-hydrogen) atoms. The monoisotopic (exact) mass is 473 g/mol. The van der Waals surface area contributed by atoms with Crippen molar-refractivity contribution in [3.63, 3.8) is 0 Å². The second-order valence-corrected chi connectivity index (χ2v) is 9.46. The highest BCUT2D eigenvalue weighted by Crippen LogP contribution is 2.28. The molecule has 1 amide bonds. The van der Waals surface area contributed by atoms with Gasteiger partial charge in [0.1, 0.15) is 0 Å². The molecule has 2 aromatic carbocycles. The van der Waals surface area contributed by atoms with E-state index in [2.05, 4.69) is 24.1 Å². The Kier molecular flexibility index (Phi) is 7.29. The molecule has 1 saturated heterocycles. The van der Waals surface area contributed by atoms with Crippen LogP contribution in [0.3, 0.4) is 0 Å². The molecule has 4 rings (SSSR count). The van der Waals surface area contributed by atoms with Gasteiger partial charge in [-0.2, -0.15) is 0 Å². The summed E-state index contributed by atoms with van der Waals surface area (Å²) in [6, 6.07) is 16.1. The number of likely N-dealkylation sites (tertiary alicyclic amines) is 1. The van der Waals surface area contributed by atoms with Gasteiger partial charge < -0.3 is 19.5 Å². The van der Waals surface area contributed by atoms with Crippen molar-refractivity contribution in [2.75, 3.05) is 13.1 Å². The third kappa shape index (κ3) is 5.40. The van der Waals surface area contributed by atoms with Crippen molar-refractivity contribution in [1.82, 2.24) is 14.8 Å². The standard InChI is InChI=1S/C25H29Cl2N3O2/c1-17(2)29-12-10-21(11-13-29)28-25(31)32-24-15-19-5-3-4-6-23(19)30(24)14-9-18-7-8-20(26)16-22(18)27/h3-8,15-17,21H,9-14H2,1-2H3,(H,28,31). The Hall–Kier alpha value is -2.21. The minimum Gasteiger partial charge on any atom is -0.393 e. The highest BCUT2D eigenvalue weighted by molar-refractivity contribution is 6.35. The largest absolute Gasteiger partial charge is 0.414 e. The number of rotatable bonds is 6. The van der Waals surface area contributed by atoms with Crippen LogP contribution in [-0.2, 0) is 13.0 Å². The van der Waals surface area contributed by atoms with Crippen molar-refractivity contribution >= 4 is 40.2 Å². The molecule has 0 radical (unpaired) electrons. The summed E-state index contributed by atoms with van der Waals surface area (Å²) in [5, 5.41) is 5.34. The zero-order chi connectivity index (χ0) is 22.7. The first kappa shape index (κ1) is 23.0. The van der Waals surface area contributed by atoms with Gasteiger partial charge in [-0.3, -0.25) is 0 Å². The van der Waals surface area contributed by atoms with Crippen molar-refractivity contribution in [3.8, 4) is 5.88 Å². The number of benzene rings is 2. The summed E-state index contributed by atoms with van der Waals surface area (Å²) in [5.74, 6) is 0.536. The maximum absolute atomic E-state index is 12.7. The summed E-state index contributed by atoms with van der Waals surface area (Å²) in [6.07, 6.45) is 2.17. The molecule has 0 atom stereocenters. The fraction of sp³-hybridized carbons (Fsp3) is 0.400. The van der Waals surface area contributed by atoms with E-state index in [1.807, 2.05) is 47.0 Å². The van der Waals surface area contributed by atoms with Gasteiger partial charge in [0.2, 0.25) is 5.88 Å². The molecular weight excluding hydrogens is 445 g/mol. The highest BCUT2D eigenvalue weighted by atomic mass is 35.5. The van der Waals surface area contributed by atoms with Crippen LogP contribution in [0.1, 0.15) is 32.3 Å². The number of amides is 1. The quantitative estimate of drug-likeness (QED) is 0.466. The van der Waals surface area contributed by atoms with Crippen LogP contribution in [0.15, 0.2) is 48.5 Å². The van der Waals surface area contributed by atoms with Crippen LogP contribution in [0.2, 0.25) is 10.0 Å². The first-order valence-corrected chi connectivity index (χ1v) is 11.9. The van der Waals surface area contributed by atoms with Gasteiger partial charge in [0.15, 0.2) is 0 Å². The fourth-order valence-corrected chi connectivity index (χ4v) is 4.81. The molecule has 0 aliphatic carbocycles. The van der Waals surface area contributed by atoms with Crippen molar-refractivity contribution in [2.24, 2.45) is 0 Å². The van der Waals surface area contributed by atoms with Crippen LogP contribution in [0.25, 0.3) is 10.9 Å². The third-order valence-electron chi connectivity index (χ3n) is 6.17. The third-order valence-corrected chi connectivity index (χ3v) is 6.76. The number of piperidine rings is 1. The summed E-state index contributed by atoms with van der Waals surface area (Å²) in [4.78, 5) is 15.1. The number of nitrogens with one attached hydrogen (secondary N) is 1. The lowest BCUT2D eigenvalue weighted by molar-refractivity contribution is 0.151. The van der Waals surface area contributed by atoms with Gasteiger partial charge in [0.25, 0.3) is 0 Å². The molecule has 0 saturated carbocycles. The summed E-state index contributed by atoms with van der Waals surface area (Å²) < 4.78 is 7.82. The topological polar surface area (TPSA) is 46.5 Å². The number of aryl methyl sites for hydroxylation is 2. The van der Waals surface area contributed by atoms with E-state index in [1.165, 1.54) is 0 Å². The van der Waals surface area contributed by atoms with Gasteiger partial charge in [0.05, 0.1) is 5.52 Å². The molecule has 0 spiro atoms. The summed E-state index contributed by atoms with van der Waals surface area (Å²) >= 11 is 12.4. The van der Waals surface area contributed by atoms with E-state index in [1.54, 1.807) is 6.07 Å². The molecule has 7 heteroatoms. The molecule has 0 bridgehead atoms. The lowest BCUT2D eigenvalue weighted by Gasteiger charge is -2.34. The van der Waals surface area contributed by atoms with Crippen LogP contribution in [0.5, 0.6) is 5.88 Å². The normalized spacial score (nSPS) is 15.4. The molecule has 3 aromatic rings. The first-order chi connectivity index (χ1) is 15.4. The van der Waals surface area contributed by atoms with E-state index in [9.17, 15) is 4.79 Å². The van der Waals surface area contributed by atoms with Gasteiger partial charge in [-0.15, -0.1) is 0 Å². The Morgan fingerprint density at radius 2 is 1.88 bits per heavy atom. The number of hydrogen-bond acceptors (Lipinski definition) is 3. The number of halogens is 2. The first-order valence-electron chi connectivity index (χ1n) is 11.2. The van der Waals surface area contributed by atoms with Crippen molar-refractivity contribution < 1.29 is 9.53 Å². The highest BCUT2D eigenvalue weighted by Gasteiger charge is 2.23. The Balaban J connectivity index is 1.46. The number of para-hydroxylation sites is 1. The SMILES string of the molecule is CC(C)N1CCC(NC(=O)Oc2cc3ccccc3n2CCc2ccc(Cl)cc2Cl)CC1. The van der Waals surface area contributed by atoms with Gasteiger partial charge >= 0.3 is 6.09 Å². The zero-order valence-corrected chi connectivity index (χ0v) is 20.0. The van der Waals surface area contributed by atoms with Crippen LogP contribution < -0.4 is 10.1 Å². The number of ether oxygens (including phenoxy) is 1. The average Bonchev–Trinajstić information content (AvgIpc) is 3.10. The molecular formula is C25H29Cl2N3O2. The van der Waals surface area contributed by atoms with E-state index in [4.69, 9.17) is 27.9 Å². The van der Waals surface area contributed by atoms with Gasteiger partial charge in [-0.05, 0) is 56.9 Å². The average molecular weight is 474 g/mol. The Labute approximate surface area is 199 Å². The number of carbonyl (C=O) groups is 1. The molecule has 1 aromatic heterocycles. The van der Waals surface area contributed by atoms with Crippen molar-refractivity contribution in [3.05, 3.63) is 64.1 Å². The number of carbonyl (C=O) groups excluding carboxylic acids is 1. The molecule has 5 nitrogen and oxygen atoms in total. The van der Waals surface area contributed by atoms with Gasteiger partial charge in [-0.25, -0.2) is 4.79 Å². The van der Waals surface area contributed by atoms with E-state index < -0.39 is 6.09 Å². The molecule has 1 aliphatic rings. The Bertz CT molecular complexity index is 1090. The number of fused-ring (bicyclic) bond motifs is 1. The van der Waals surface area contributed by atoms with E-state index in [0.29, 0.717) is 34.9 Å².